The lowest BCUT2D eigenvalue weighted by Gasteiger charge is -2.26. The van der Waals surface area contributed by atoms with Crippen LogP contribution >= 0.6 is 45.3 Å². The average molecular weight is 1850 g/mol. The molecule has 13 aromatic rings. The van der Waals surface area contributed by atoms with E-state index in [0.29, 0.717) is 19.5 Å². The predicted octanol–water partition coefficient (Wildman–Crippen LogP) is 32.6. The topological polar surface area (TPSA) is 209 Å². The maximum atomic E-state index is 12.2. The predicted molar refractivity (Wildman–Crippen MR) is 562 cm³/mol. The first kappa shape index (κ1) is 98.1. The molecule has 4 heterocycles. The smallest absolute Gasteiger partial charge is 0.346 e. The summed E-state index contributed by atoms with van der Waals surface area (Å²) in [7, 11) is 0. The lowest BCUT2D eigenvalue weighted by atomic mass is 9.93. The van der Waals surface area contributed by atoms with E-state index in [9.17, 15) is 50.1 Å². The first-order valence-electron chi connectivity index (χ1n) is 46.3. The van der Waals surface area contributed by atoms with Crippen LogP contribution in [0.25, 0.3) is 111 Å². The summed E-state index contributed by atoms with van der Waals surface area (Å²) in [4.78, 5) is 64.5. The van der Waals surface area contributed by atoms with Crippen molar-refractivity contribution in [2.45, 2.75) is 170 Å². The highest BCUT2D eigenvalue weighted by molar-refractivity contribution is 7.17. The highest BCUT2D eigenvalue weighted by atomic mass is 32.1. The van der Waals surface area contributed by atoms with Crippen molar-refractivity contribution in [1.82, 2.24) is 0 Å². The summed E-state index contributed by atoms with van der Waals surface area (Å²) in [6.07, 6.45) is 32.6. The molecule has 4 N–H and O–H groups in total. The standard InChI is InChI=1S/C118H109N5O8S4/c1-9-13-17-22-30-93-68-102(72-97(76-119)115(124)125)132-111(93)88-50-42-84(43-51-88)106(86-46-54-90(55-47-86)113-95(32-24-19-15-11-3)70-104(134-113)74-109(121-7)117(128)129)65-80-35-58-99(59-36-80)123(101-62-39-82(40-63-101)67-108(83-28-26-21-27-29-83)92-41-34-78(5)79(6)64-92)100-60-37-81(38-61-100)66-107(85-44-52-89(53-45-85)112-94(31-23-18-14-10-2)69-103(133-112)73-98(77-120)116(126)127)87-48-56-91(57-49-87)114-96(33-25-20-16-12-4)71-105(135-114)75-110(122-8)118(130)131/h21,26-29,34-75H,9-20,22-25,30-33H2,1-6H3,(H,124,125)(H,126,127)(H,128,129)(H,130,131)/b97-72+,98-73+,106-65-,107-66+,108-67+,109-74-,110-75-. The molecule has 0 saturated carbocycles. The van der Waals surface area contributed by atoms with Crippen LogP contribution in [0.5, 0.6) is 0 Å². The van der Waals surface area contributed by atoms with Crippen molar-refractivity contribution in [3.8, 4) is 53.9 Å². The number of aryl methyl sites for hydroxylation is 6. The second-order valence-corrected chi connectivity index (χ2v) is 38.2. The molecule has 4 aromatic heterocycles. The van der Waals surface area contributed by atoms with Gasteiger partial charge in [-0.2, -0.15) is 10.5 Å². The van der Waals surface area contributed by atoms with Gasteiger partial charge in [-0.15, -0.1) is 45.3 Å². The van der Waals surface area contributed by atoms with Crippen molar-refractivity contribution < 1.29 is 39.6 Å². The molecule has 0 aliphatic heterocycles. The molecule has 9 aromatic carbocycles. The Morgan fingerprint density at radius 3 is 0.852 bits per heavy atom. The summed E-state index contributed by atoms with van der Waals surface area (Å²) in [6.45, 7) is 28.3. The largest absolute Gasteiger partial charge is 0.486 e. The van der Waals surface area contributed by atoms with Crippen molar-refractivity contribution in [1.29, 1.82) is 10.5 Å². The SMILES string of the molecule is [C-]#[N+]/C(=C\c1cc(CCCCCC)c(-c2ccc(/C(=C\c3ccc(N(c4ccc(/C=C(/c5ccc(-c6sc(/C=C(\[N+]#[C-])C(=O)O)cc6CCCCCC)cc5)c5ccc(-c6sc(/C=C(\C#N)C(=O)O)cc6CCCCCC)cc5)cc4)c4ccc(/C=C(\c5ccccc5)c5ccc(C)c(C)c5)cc4)cc3)c3ccc(-c4sc(/C=C(\C#N)C(=O)O)cc4CCCCCC)cc3)cc2)s1)C(=O)O. The lowest BCUT2D eigenvalue weighted by Crippen LogP contribution is -2.09. The number of carbonyl (C=O) groups is 4. The van der Waals surface area contributed by atoms with Crippen LogP contribution in [0, 0.1) is 49.7 Å². The Balaban J connectivity index is 0.936. The molecule has 13 nitrogen and oxygen atoms in total. The number of carboxylic acid groups (broad SMARTS) is 4. The second-order valence-electron chi connectivity index (χ2n) is 33.9. The number of benzene rings is 9. The van der Waals surface area contributed by atoms with Gasteiger partial charge in [-0.25, -0.2) is 19.3 Å². The van der Waals surface area contributed by atoms with Crippen LogP contribution in [-0.4, -0.2) is 44.3 Å². The molecule has 0 aliphatic rings. The fourth-order valence-electron chi connectivity index (χ4n) is 16.7. The van der Waals surface area contributed by atoms with Crippen molar-refractivity contribution in [2.75, 3.05) is 4.90 Å². The summed E-state index contributed by atoms with van der Waals surface area (Å²) < 4.78 is 0. The van der Waals surface area contributed by atoms with Crippen molar-refractivity contribution in [3.63, 3.8) is 0 Å². The lowest BCUT2D eigenvalue weighted by molar-refractivity contribution is -0.133. The number of nitrogens with zero attached hydrogens (tertiary/aromatic N) is 5. The van der Waals surface area contributed by atoms with E-state index in [0.717, 1.165) is 276 Å². The van der Waals surface area contributed by atoms with Gasteiger partial charge < -0.3 is 25.3 Å². The number of rotatable bonds is 44. The Bertz CT molecular complexity index is 6180. The molecule has 0 spiro atoms. The molecular weight excluding hydrogens is 1740 g/mol. The molecule has 0 saturated heterocycles. The molecule has 17 heteroatoms. The van der Waals surface area contributed by atoms with Gasteiger partial charge in [-0.1, -0.05) is 287 Å². The van der Waals surface area contributed by atoms with E-state index < -0.39 is 23.9 Å². The number of aliphatic carboxylic acids is 4. The van der Waals surface area contributed by atoms with Crippen LogP contribution in [0.15, 0.2) is 265 Å². The minimum absolute atomic E-state index is 0.325. The van der Waals surface area contributed by atoms with E-state index in [4.69, 9.17) is 13.1 Å². The van der Waals surface area contributed by atoms with Crippen molar-refractivity contribution in [3.05, 3.63) is 391 Å². The highest BCUT2D eigenvalue weighted by Crippen LogP contribution is 2.45. The first-order valence-corrected chi connectivity index (χ1v) is 49.6. The number of nitriles is 2. The zero-order valence-electron chi connectivity index (χ0n) is 77.1. The molecule has 0 fully saturated rings. The van der Waals surface area contributed by atoms with Crippen LogP contribution < -0.4 is 4.90 Å². The van der Waals surface area contributed by atoms with Crippen LogP contribution in [0.4, 0.5) is 17.1 Å². The molecule has 0 aliphatic carbocycles. The average Bonchev–Trinajstić information content (AvgIpc) is 1.71. The Morgan fingerprint density at radius 2 is 0.593 bits per heavy atom. The van der Waals surface area contributed by atoms with E-state index >= 15 is 0 Å². The summed E-state index contributed by atoms with van der Waals surface area (Å²) >= 11 is 5.95. The number of hydrogen-bond donors (Lipinski definition) is 4. The number of carboxylic acids is 4. The van der Waals surface area contributed by atoms with Crippen LogP contribution in [0.1, 0.15) is 233 Å². The zero-order chi connectivity index (χ0) is 95.3. The van der Waals surface area contributed by atoms with Crippen LogP contribution in [0.2, 0.25) is 0 Å². The number of unbranched alkanes of at least 4 members (excludes halogenated alkanes) is 12. The van der Waals surface area contributed by atoms with Crippen LogP contribution in [-0.2, 0) is 44.9 Å². The van der Waals surface area contributed by atoms with E-state index in [2.05, 4.69) is 287 Å². The molecular formula is C118H109N5O8S4. The Hall–Kier alpha value is -14.4. The van der Waals surface area contributed by atoms with Gasteiger partial charge in [0.1, 0.15) is 23.3 Å². The quantitative estimate of drug-likeness (QED) is 0.00928. The second kappa shape index (κ2) is 48.3. The van der Waals surface area contributed by atoms with Crippen molar-refractivity contribution >= 4 is 146 Å². The monoisotopic (exact) mass is 1850 g/mol. The van der Waals surface area contributed by atoms with Crippen molar-refractivity contribution in [2.24, 2.45) is 0 Å². The van der Waals surface area contributed by atoms with E-state index in [-0.39, 0.29) is 22.5 Å². The van der Waals surface area contributed by atoms with Crippen LogP contribution in [0.3, 0.4) is 0 Å². The minimum atomic E-state index is -1.27. The number of thiophene rings is 4. The fraction of sp³-hybridized carbons (Fsp3) is 0.220. The van der Waals surface area contributed by atoms with Gasteiger partial charge in [0.15, 0.2) is 0 Å². The maximum Gasteiger partial charge on any atom is 0.346 e. The van der Waals surface area contributed by atoms with Gasteiger partial charge in [0.25, 0.3) is 11.4 Å². The van der Waals surface area contributed by atoms with Gasteiger partial charge in [-0.3, -0.25) is 9.59 Å². The fourth-order valence-corrected chi connectivity index (χ4v) is 21.4. The number of hydrogen-bond acceptors (Lipinski definition) is 11. The Kier molecular flexibility index (Phi) is 35.1. The minimum Gasteiger partial charge on any atom is -0.486 e. The highest BCUT2D eigenvalue weighted by Gasteiger charge is 2.23. The Labute approximate surface area is 809 Å². The van der Waals surface area contributed by atoms with Gasteiger partial charge in [0, 0.05) is 56.1 Å². The Morgan fingerprint density at radius 1 is 0.319 bits per heavy atom. The van der Waals surface area contributed by atoms with Gasteiger partial charge in [0.2, 0.25) is 0 Å². The molecule has 0 amide bonds. The summed E-state index contributed by atoms with van der Waals surface area (Å²) in [5.74, 6) is -5.08. The van der Waals surface area contributed by atoms with Gasteiger partial charge >= 0.3 is 23.9 Å². The van der Waals surface area contributed by atoms with E-state index in [1.807, 2.05) is 42.5 Å². The normalized spacial score (nSPS) is 12.1. The molecule has 678 valence electrons. The third-order valence-corrected chi connectivity index (χ3v) is 28.8. The number of anilines is 3. The van der Waals surface area contributed by atoms with E-state index in [1.54, 1.807) is 0 Å². The summed E-state index contributed by atoms with van der Waals surface area (Å²) in [6, 6.07) is 89.0. The molecule has 0 bridgehead atoms. The third-order valence-electron chi connectivity index (χ3n) is 24.1. The third kappa shape index (κ3) is 25.9. The summed E-state index contributed by atoms with van der Waals surface area (Å²) in [5.41, 5.74) is 24.0. The zero-order valence-corrected chi connectivity index (χ0v) is 80.3. The van der Waals surface area contributed by atoms with Gasteiger partial charge in [0.05, 0.1) is 13.1 Å². The molecule has 0 unspecified atom stereocenters. The molecule has 0 atom stereocenters. The first-order chi connectivity index (χ1) is 65.7. The van der Waals surface area contributed by atoms with E-state index in [1.165, 1.54) is 80.8 Å². The summed E-state index contributed by atoms with van der Waals surface area (Å²) in [5, 5.41) is 59.3. The molecule has 13 rings (SSSR count). The molecule has 135 heavy (non-hydrogen) atoms. The van der Waals surface area contributed by atoms with Gasteiger partial charge in [-0.05, 0) is 291 Å². The molecule has 0 radical (unpaired) electrons. The maximum absolute atomic E-state index is 12.2.